The van der Waals surface area contributed by atoms with Crippen LogP contribution in [0.25, 0.3) is 0 Å². The van der Waals surface area contributed by atoms with E-state index >= 15 is 0 Å². The van der Waals surface area contributed by atoms with E-state index in [9.17, 15) is 4.79 Å². The molecule has 0 unspecified atom stereocenters. The fourth-order valence-electron chi connectivity index (χ4n) is 2.60. The highest BCUT2D eigenvalue weighted by molar-refractivity contribution is 5.80. The van der Waals surface area contributed by atoms with Gasteiger partial charge in [0.1, 0.15) is 5.75 Å². The number of nitrogens with zero attached hydrogens (tertiary/aromatic N) is 1. The van der Waals surface area contributed by atoms with E-state index in [-0.39, 0.29) is 11.8 Å². The minimum Gasteiger partial charge on any atom is -0.493 e. The van der Waals surface area contributed by atoms with Gasteiger partial charge in [-0.05, 0) is 30.5 Å². The molecule has 6 nitrogen and oxygen atoms in total. The molecule has 1 aromatic rings. The second-order valence-electron chi connectivity index (χ2n) is 6.42. The molecule has 1 aliphatic heterocycles. The summed E-state index contributed by atoms with van der Waals surface area (Å²) in [7, 11) is 0. The van der Waals surface area contributed by atoms with Crippen molar-refractivity contribution in [3.63, 3.8) is 0 Å². The van der Waals surface area contributed by atoms with Crippen molar-refractivity contribution >= 4 is 11.9 Å². The van der Waals surface area contributed by atoms with Gasteiger partial charge in [0.2, 0.25) is 5.91 Å². The summed E-state index contributed by atoms with van der Waals surface area (Å²) in [4.78, 5) is 16.1. The SMILES string of the molecule is CCNC(=NCCc1ccc2c(c1)CCO2)NCCNC(=O)C(C)C. The first-order chi connectivity index (χ1) is 12.1. The van der Waals surface area contributed by atoms with Gasteiger partial charge in [-0.25, -0.2) is 0 Å². The number of hydrogen-bond donors (Lipinski definition) is 3. The van der Waals surface area contributed by atoms with Crippen molar-refractivity contribution in [2.45, 2.75) is 33.6 Å². The van der Waals surface area contributed by atoms with E-state index in [0.717, 1.165) is 37.7 Å². The van der Waals surface area contributed by atoms with Crippen LogP contribution in [0.4, 0.5) is 0 Å². The van der Waals surface area contributed by atoms with Gasteiger partial charge in [-0.2, -0.15) is 0 Å². The fraction of sp³-hybridized carbons (Fsp3) is 0.579. The molecule has 1 aromatic carbocycles. The number of ether oxygens (including phenoxy) is 1. The Labute approximate surface area is 150 Å². The predicted octanol–water partition coefficient (Wildman–Crippen LogP) is 1.49. The van der Waals surface area contributed by atoms with Gasteiger partial charge in [-0.3, -0.25) is 9.79 Å². The van der Waals surface area contributed by atoms with Crippen LogP contribution < -0.4 is 20.7 Å². The van der Waals surface area contributed by atoms with Gasteiger partial charge < -0.3 is 20.7 Å². The van der Waals surface area contributed by atoms with Crippen molar-refractivity contribution < 1.29 is 9.53 Å². The van der Waals surface area contributed by atoms with Crippen LogP contribution in [-0.4, -0.2) is 44.7 Å². The molecule has 25 heavy (non-hydrogen) atoms. The number of carbonyl (C=O) groups is 1. The van der Waals surface area contributed by atoms with Crippen LogP contribution in [0, 0.1) is 5.92 Å². The first kappa shape index (κ1) is 19.1. The molecule has 1 aliphatic rings. The van der Waals surface area contributed by atoms with Crippen LogP contribution >= 0.6 is 0 Å². The molecule has 0 spiro atoms. The number of nitrogens with one attached hydrogen (secondary N) is 3. The lowest BCUT2D eigenvalue weighted by molar-refractivity contribution is -0.123. The molecule has 0 fully saturated rings. The van der Waals surface area contributed by atoms with E-state index in [1.807, 2.05) is 20.8 Å². The van der Waals surface area contributed by atoms with Crippen molar-refractivity contribution in [1.29, 1.82) is 0 Å². The molecule has 138 valence electrons. The Hall–Kier alpha value is -2.24. The zero-order valence-electron chi connectivity index (χ0n) is 15.5. The zero-order valence-corrected chi connectivity index (χ0v) is 15.5. The Balaban J connectivity index is 1.76. The molecule has 0 saturated heterocycles. The maximum absolute atomic E-state index is 11.5. The highest BCUT2D eigenvalue weighted by atomic mass is 16.5. The molecule has 0 saturated carbocycles. The molecular weight excluding hydrogens is 316 g/mol. The van der Waals surface area contributed by atoms with Crippen molar-refractivity contribution in [1.82, 2.24) is 16.0 Å². The van der Waals surface area contributed by atoms with E-state index in [4.69, 9.17) is 4.74 Å². The molecule has 0 atom stereocenters. The zero-order chi connectivity index (χ0) is 18.1. The first-order valence-corrected chi connectivity index (χ1v) is 9.14. The summed E-state index contributed by atoms with van der Waals surface area (Å²) < 4.78 is 5.54. The number of aliphatic imine (C=N–C) groups is 1. The van der Waals surface area contributed by atoms with Gasteiger partial charge in [0.25, 0.3) is 0 Å². The summed E-state index contributed by atoms with van der Waals surface area (Å²) in [5, 5.41) is 9.36. The maximum atomic E-state index is 11.5. The lowest BCUT2D eigenvalue weighted by Gasteiger charge is -2.12. The Morgan fingerprint density at radius 3 is 2.80 bits per heavy atom. The monoisotopic (exact) mass is 346 g/mol. The summed E-state index contributed by atoms with van der Waals surface area (Å²) in [6.07, 6.45) is 1.90. The summed E-state index contributed by atoms with van der Waals surface area (Å²) in [5.41, 5.74) is 2.58. The van der Waals surface area contributed by atoms with Crippen LogP contribution in [-0.2, 0) is 17.6 Å². The van der Waals surface area contributed by atoms with Gasteiger partial charge in [0.15, 0.2) is 5.96 Å². The Bertz CT molecular complexity index is 599. The van der Waals surface area contributed by atoms with Crippen molar-refractivity contribution in [3.05, 3.63) is 29.3 Å². The Morgan fingerprint density at radius 1 is 1.24 bits per heavy atom. The second-order valence-corrected chi connectivity index (χ2v) is 6.42. The second kappa shape index (κ2) is 9.91. The highest BCUT2D eigenvalue weighted by Crippen LogP contribution is 2.25. The Kier molecular flexibility index (Phi) is 7.57. The van der Waals surface area contributed by atoms with Crippen molar-refractivity contribution in [3.8, 4) is 5.75 Å². The molecule has 3 N–H and O–H groups in total. The number of fused-ring (bicyclic) bond motifs is 1. The van der Waals surface area contributed by atoms with E-state index in [0.29, 0.717) is 19.6 Å². The molecular formula is C19H30N4O2. The van der Waals surface area contributed by atoms with E-state index in [1.165, 1.54) is 11.1 Å². The third-order valence-electron chi connectivity index (χ3n) is 4.01. The fourth-order valence-corrected chi connectivity index (χ4v) is 2.60. The topological polar surface area (TPSA) is 74.8 Å². The summed E-state index contributed by atoms with van der Waals surface area (Å²) in [6, 6.07) is 6.39. The van der Waals surface area contributed by atoms with Crippen LogP contribution in [0.5, 0.6) is 5.75 Å². The average Bonchev–Trinajstić information content (AvgIpc) is 3.06. The van der Waals surface area contributed by atoms with Gasteiger partial charge in [0.05, 0.1) is 6.61 Å². The molecule has 1 amide bonds. The van der Waals surface area contributed by atoms with Crippen LogP contribution in [0.2, 0.25) is 0 Å². The highest BCUT2D eigenvalue weighted by Gasteiger charge is 2.11. The molecule has 1 heterocycles. The maximum Gasteiger partial charge on any atom is 0.222 e. The summed E-state index contributed by atoms with van der Waals surface area (Å²) >= 11 is 0. The van der Waals surface area contributed by atoms with Crippen molar-refractivity contribution in [2.75, 3.05) is 32.8 Å². The smallest absolute Gasteiger partial charge is 0.222 e. The molecule has 2 rings (SSSR count). The molecule has 6 heteroatoms. The third kappa shape index (κ3) is 6.29. The molecule has 0 aliphatic carbocycles. The summed E-state index contributed by atoms with van der Waals surface area (Å²) in [6.45, 7) is 9.37. The van der Waals surface area contributed by atoms with E-state index in [2.05, 4.69) is 39.1 Å². The predicted molar refractivity (Wildman–Crippen MR) is 101 cm³/mol. The first-order valence-electron chi connectivity index (χ1n) is 9.14. The molecule has 0 radical (unpaired) electrons. The minimum absolute atomic E-state index is 0.0135. The quantitative estimate of drug-likeness (QED) is 0.379. The molecule has 0 bridgehead atoms. The standard InChI is InChI=1S/C19H30N4O2/c1-4-20-19(23-11-10-21-18(24)14(2)3)22-9-7-15-5-6-17-16(13-15)8-12-25-17/h5-6,13-14H,4,7-12H2,1-3H3,(H,21,24)(H2,20,22,23). The number of rotatable bonds is 8. The Morgan fingerprint density at radius 2 is 2.04 bits per heavy atom. The largest absolute Gasteiger partial charge is 0.493 e. The summed E-state index contributed by atoms with van der Waals surface area (Å²) in [5.74, 6) is 1.89. The third-order valence-corrected chi connectivity index (χ3v) is 4.01. The van der Waals surface area contributed by atoms with Crippen LogP contribution in [0.3, 0.4) is 0 Å². The lowest BCUT2D eigenvalue weighted by atomic mass is 10.1. The normalized spacial score (nSPS) is 13.4. The van der Waals surface area contributed by atoms with E-state index < -0.39 is 0 Å². The van der Waals surface area contributed by atoms with Crippen LogP contribution in [0.15, 0.2) is 23.2 Å². The number of amides is 1. The van der Waals surface area contributed by atoms with Crippen molar-refractivity contribution in [2.24, 2.45) is 10.9 Å². The number of benzene rings is 1. The number of carbonyl (C=O) groups excluding carboxylic acids is 1. The van der Waals surface area contributed by atoms with E-state index in [1.54, 1.807) is 0 Å². The minimum atomic E-state index is 0.0135. The van der Waals surface area contributed by atoms with Gasteiger partial charge in [-0.15, -0.1) is 0 Å². The lowest BCUT2D eigenvalue weighted by Crippen LogP contribution is -2.42. The van der Waals surface area contributed by atoms with Gasteiger partial charge >= 0.3 is 0 Å². The average molecular weight is 346 g/mol. The van der Waals surface area contributed by atoms with Crippen LogP contribution in [0.1, 0.15) is 31.9 Å². The number of hydrogen-bond acceptors (Lipinski definition) is 3. The van der Waals surface area contributed by atoms with Gasteiger partial charge in [0, 0.05) is 38.5 Å². The molecule has 0 aromatic heterocycles. The number of guanidine groups is 1. The van der Waals surface area contributed by atoms with Gasteiger partial charge in [-0.1, -0.05) is 26.0 Å².